The third-order valence-corrected chi connectivity index (χ3v) is 3.55. The van der Waals surface area contributed by atoms with Crippen molar-refractivity contribution in [2.24, 2.45) is 4.99 Å². The zero-order chi connectivity index (χ0) is 17.9. The lowest BCUT2D eigenvalue weighted by Gasteiger charge is -2.12. The highest BCUT2D eigenvalue weighted by Gasteiger charge is 2.00. The summed E-state index contributed by atoms with van der Waals surface area (Å²) in [7, 11) is 3.38. The summed E-state index contributed by atoms with van der Waals surface area (Å²) < 4.78 is 23.7. The van der Waals surface area contributed by atoms with E-state index in [4.69, 9.17) is 9.47 Å². The second kappa shape index (κ2) is 12.3. The van der Waals surface area contributed by atoms with Crippen LogP contribution in [0, 0.1) is 5.82 Å². The Morgan fingerprint density at radius 1 is 1.04 bits per heavy atom. The first-order valence-corrected chi connectivity index (χ1v) is 8.17. The molecule has 0 unspecified atom stereocenters. The van der Waals surface area contributed by atoms with E-state index in [-0.39, 0.29) is 29.8 Å². The van der Waals surface area contributed by atoms with Crippen molar-refractivity contribution in [2.45, 2.75) is 6.42 Å². The summed E-state index contributed by atoms with van der Waals surface area (Å²) in [6.07, 6.45) is 0.879. The molecule has 0 radical (unpaired) electrons. The summed E-state index contributed by atoms with van der Waals surface area (Å²) >= 11 is 0. The number of guanidine groups is 1. The van der Waals surface area contributed by atoms with E-state index in [1.54, 1.807) is 26.3 Å². The molecular formula is C19H25FIN3O2. The zero-order valence-corrected chi connectivity index (χ0v) is 17.3. The van der Waals surface area contributed by atoms with Crippen molar-refractivity contribution in [1.29, 1.82) is 0 Å². The van der Waals surface area contributed by atoms with Gasteiger partial charge in [-0.1, -0.05) is 18.2 Å². The molecule has 0 spiro atoms. The molecule has 2 N–H and O–H groups in total. The van der Waals surface area contributed by atoms with E-state index in [1.807, 2.05) is 24.3 Å². The van der Waals surface area contributed by atoms with Crippen LogP contribution in [0.3, 0.4) is 0 Å². The number of ether oxygens (including phenoxy) is 2. The van der Waals surface area contributed by atoms with Gasteiger partial charge in [0, 0.05) is 19.7 Å². The zero-order valence-electron chi connectivity index (χ0n) is 15.0. The molecule has 0 aliphatic rings. The lowest BCUT2D eigenvalue weighted by Crippen LogP contribution is -2.40. The number of rotatable bonds is 8. The van der Waals surface area contributed by atoms with Crippen LogP contribution >= 0.6 is 24.0 Å². The van der Waals surface area contributed by atoms with Gasteiger partial charge in [-0.15, -0.1) is 24.0 Å². The van der Waals surface area contributed by atoms with Gasteiger partial charge in [0.1, 0.15) is 23.9 Å². The van der Waals surface area contributed by atoms with Gasteiger partial charge in [-0.25, -0.2) is 4.39 Å². The number of aliphatic imine (C=N–C) groups is 1. The van der Waals surface area contributed by atoms with Gasteiger partial charge in [-0.05, 0) is 36.2 Å². The van der Waals surface area contributed by atoms with Crippen molar-refractivity contribution in [3.8, 4) is 11.5 Å². The van der Waals surface area contributed by atoms with E-state index in [0.717, 1.165) is 18.7 Å². The van der Waals surface area contributed by atoms with Gasteiger partial charge in [0.05, 0.1) is 13.7 Å². The molecule has 0 aromatic heterocycles. The van der Waals surface area contributed by atoms with Gasteiger partial charge in [0.15, 0.2) is 5.96 Å². The molecule has 0 aliphatic carbocycles. The molecule has 0 aliphatic heterocycles. The summed E-state index contributed by atoms with van der Waals surface area (Å²) in [6.45, 7) is 1.75. The van der Waals surface area contributed by atoms with E-state index >= 15 is 0 Å². The van der Waals surface area contributed by atoms with E-state index in [9.17, 15) is 4.39 Å². The molecule has 7 heteroatoms. The van der Waals surface area contributed by atoms with Crippen LogP contribution in [0.4, 0.5) is 4.39 Å². The topological polar surface area (TPSA) is 54.9 Å². The molecule has 0 fully saturated rings. The molecule has 2 aromatic rings. The van der Waals surface area contributed by atoms with Gasteiger partial charge >= 0.3 is 0 Å². The molecule has 0 amide bonds. The second-order valence-electron chi connectivity index (χ2n) is 5.33. The summed E-state index contributed by atoms with van der Waals surface area (Å²) in [5.41, 5.74) is 1.22. The third kappa shape index (κ3) is 7.90. The fourth-order valence-corrected chi connectivity index (χ4v) is 2.23. The van der Waals surface area contributed by atoms with Gasteiger partial charge in [-0.3, -0.25) is 4.99 Å². The highest BCUT2D eigenvalue weighted by Crippen LogP contribution is 2.12. The number of hydrogen-bond acceptors (Lipinski definition) is 3. The van der Waals surface area contributed by atoms with Crippen LogP contribution in [0.2, 0.25) is 0 Å². The van der Waals surface area contributed by atoms with Crippen LogP contribution in [0.5, 0.6) is 11.5 Å². The van der Waals surface area contributed by atoms with Gasteiger partial charge in [-0.2, -0.15) is 0 Å². The Morgan fingerprint density at radius 2 is 1.77 bits per heavy atom. The Bertz CT molecular complexity index is 681. The van der Waals surface area contributed by atoms with E-state index in [2.05, 4.69) is 15.6 Å². The van der Waals surface area contributed by atoms with Crippen LogP contribution in [0.15, 0.2) is 53.5 Å². The molecular weight excluding hydrogens is 448 g/mol. The number of hydrogen-bond donors (Lipinski definition) is 2. The summed E-state index contributed by atoms with van der Waals surface area (Å²) in [4.78, 5) is 4.16. The van der Waals surface area contributed by atoms with Crippen molar-refractivity contribution in [2.75, 3.05) is 33.9 Å². The predicted octanol–water partition coefficient (Wildman–Crippen LogP) is 3.24. The molecule has 0 saturated carbocycles. The minimum atomic E-state index is -0.304. The minimum Gasteiger partial charge on any atom is -0.497 e. The molecule has 5 nitrogen and oxygen atoms in total. The van der Waals surface area contributed by atoms with Gasteiger partial charge in [0.2, 0.25) is 0 Å². The number of benzene rings is 2. The normalized spacial score (nSPS) is 10.7. The van der Waals surface area contributed by atoms with Crippen LogP contribution in [0.25, 0.3) is 0 Å². The Balaban J connectivity index is 0.00000338. The van der Waals surface area contributed by atoms with Crippen LogP contribution in [-0.4, -0.2) is 39.8 Å². The molecule has 26 heavy (non-hydrogen) atoms. The number of halogens is 2. The SMILES string of the molecule is CN=C(NCCOc1cccc(F)c1)NCCc1ccc(OC)cc1.I. The van der Waals surface area contributed by atoms with Crippen LogP contribution in [-0.2, 0) is 6.42 Å². The van der Waals surface area contributed by atoms with Crippen LogP contribution in [0.1, 0.15) is 5.56 Å². The molecule has 0 heterocycles. The van der Waals surface area contributed by atoms with Crippen LogP contribution < -0.4 is 20.1 Å². The maximum absolute atomic E-state index is 13.0. The summed E-state index contributed by atoms with van der Waals surface area (Å²) in [5.74, 6) is 1.77. The fourth-order valence-electron chi connectivity index (χ4n) is 2.23. The van der Waals surface area contributed by atoms with Crippen molar-refractivity contribution in [1.82, 2.24) is 10.6 Å². The minimum absolute atomic E-state index is 0. The standard InChI is InChI=1S/C19H24FN3O2.HI/c1-21-19(22-11-10-15-6-8-17(24-2)9-7-15)23-12-13-25-18-5-3-4-16(20)14-18;/h3-9,14H,10-13H2,1-2H3,(H2,21,22,23);1H. The highest BCUT2D eigenvalue weighted by molar-refractivity contribution is 14.0. The highest BCUT2D eigenvalue weighted by atomic mass is 127. The van der Waals surface area contributed by atoms with E-state index in [0.29, 0.717) is 24.9 Å². The maximum atomic E-state index is 13.0. The molecule has 2 aromatic carbocycles. The van der Waals surface area contributed by atoms with Crippen molar-refractivity contribution in [3.63, 3.8) is 0 Å². The molecule has 142 valence electrons. The van der Waals surface area contributed by atoms with Crippen molar-refractivity contribution in [3.05, 3.63) is 59.9 Å². The van der Waals surface area contributed by atoms with Gasteiger partial charge in [0.25, 0.3) is 0 Å². The first-order valence-electron chi connectivity index (χ1n) is 8.17. The number of nitrogens with one attached hydrogen (secondary N) is 2. The largest absolute Gasteiger partial charge is 0.497 e. The second-order valence-corrected chi connectivity index (χ2v) is 5.33. The first kappa shape index (κ1) is 22.0. The van der Waals surface area contributed by atoms with E-state index in [1.165, 1.54) is 17.7 Å². The number of nitrogens with zero attached hydrogens (tertiary/aromatic N) is 1. The fraction of sp³-hybridized carbons (Fsp3) is 0.316. The van der Waals surface area contributed by atoms with Crippen molar-refractivity contribution >= 4 is 29.9 Å². The maximum Gasteiger partial charge on any atom is 0.191 e. The van der Waals surface area contributed by atoms with Crippen molar-refractivity contribution < 1.29 is 13.9 Å². The monoisotopic (exact) mass is 473 g/mol. The Kier molecular flexibility index (Phi) is 10.5. The molecule has 2 rings (SSSR count). The quantitative estimate of drug-likeness (QED) is 0.268. The lowest BCUT2D eigenvalue weighted by molar-refractivity contribution is 0.320. The summed E-state index contributed by atoms with van der Waals surface area (Å²) in [6, 6.07) is 14.1. The predicted molar refractivity (Wildman–Crippen MR) is 113 cm³/mol. The molecule has 0 saturated heterocycles. The average Bonchev–Trinajstić information content (AvgIpc) is 2.64. The van der Waals surface area contributed by atoms with E-state index < -0.39 is 0 Å². The molecule has 0 bridgehead atoms. The molecule has 0 atom stereocenters. The smallest absolute Gasteiger partial charge is 0.191 e. The lowest BCUT2D eigenvalue weighted by atomic mass is 10.1. The number of methoxy groups -OCH3 is 1. The Morgan fingerprint density at radius 3 is 2.42 bits per heavy atom. The Hall–Kier alpha value is -2.03. The average molecular weight is 473 g/mol. The summed E-state index contributed by atoms with van der Waals surface area (Å²) in [5, 5.41) is 6.41. The first-order chi connectivity index (χ1) is 12.2. The Labute approximate surface area is 171 Å². The van der Waals surface area contributed by atoms with Gasteiger partial charge < -0.3 is 20.1 Å². The third-order valence-electron chi connectivity index (χ3n) is 3.55.